The van der Waals surface area contributed by atoms with Gasteiger partial charge in [-0.15, -0.1) is 0 Å². The molecule has 1 N–H and O–H groups in total. The Morgan fingerprint density at radius 3 is 2.52 bits per heavy atom. The van der Waals surface area contributed by atoms with Gasteiger partial charge in [-0.2, -0.15) is 0 Å². The second kappa shape index (κ2) is 6.02. The largest absolute Gasteiger partial charge is 0.353 e. The lowest BCUT2D eigenvalue weighted by Gasteiger charge is -2.37. The van der Waals surface area contributed by atoms with Gasteiger partial charge in [0.25, 0.3) is 5.91 Å². The molecule has 3 rings (SSSR count). The molecule has 0 aromatic carbocycles. The van der Waals surface area contributed by atoms with Gasteiger partial charge in [0.15, 0.2) is 0 Å². The third-order valence-electron chi connectivity index (χ3n) is 4.21. The molecule has 1 saturated heterocycles. The summed E-state index contributed by atoms with van der Waals surface area (Å²) in [6.07, 6.45) is 0.744. The van der Waals surface area contributed by atoms with Gasteiger partial charge < -0.3 is 20.0 Å². The fourth-order valence-electron chi connectivity index (χ4n) is 3.04. The van der Waals surface area contributed by atoms with Gasteiger partial charge in [0, 0.05) is 52.4 Å². The molecule has 2 aliphatic heterocycles. The van der Waals surface area contributed by atoms with Gasteiger partial charge in [0.2, 0.25) is 0 Å². The van der Waals surface area contributed by atoms with E-state index in [2.05, 4.69) is 20.2 Å². The maximum absolute atomic E-state index is 12.0. The quantitative estimate of drug-likeness (QED) is 0.780. The summed E-state index contributed by atoms with van der Waals surface area (Å²) in [4.78, 5) is 38.5. The molecule has 0 unspecified atom stereocenters. The number of carbonyl (C=O) groups is 2. The number of piperazine rings is 1. The molecule has 124 valence electrons. The van der Waals surface area contributed by atoms with Crippen molar-refractivity contribution in [3.8, 4) is 0 Å². The van der Waals surface area contributed by atoms with Crippen molar-refractivity contribution in [3.63, 3.8) is 0 Å². The van der Waals surface area contributed by atoms with Crippen molar-refractivity contribution in [2.75, 3.05) is 51.7 Å². The predicted octanol–water partition coefficient (Wildman–Crippen LogP) is -0.125. The molecule has 0 saturated carbocycles. The molecule has 8 nitrogen and oxygen atoms in total. The van der Waals surface area contributed by atoms with Crippen LogP contribution >= 0.6 is 0 Å². The molecule has 3 amide bonds. The number of aromatic nitrogens is 2. The number of hydrogen-bond acceptors (Lipinski definition) is 5. The van der Waals surface area contributed by atoms with Crippen LogP contribution in [0.15, 0.2) is 0 Å². The van der Waals surface area contributed by atoms with Crippen molar-refractivity contribution in [2.45, 2.75) is 13.3 Å². The first-order valence-electron chi connectivity index (χ1n) is 7.84. The lowest BCUT2D eigenvalue weighted by atomic mass is 10.1. The fraction of sp³-hybridized carbons (Fsp3) is 0.600. The molecule has 1 aromatic rings. The van der Waals surface area contributed by atoms with E-state index in [0.717, 1.165) is 17.8 Å². The highest BCUT2D eigenvalue weighted by Gasteiger charge is 2.28. The summed E-state index contributed by atoms with van der Waals surface area (Å²) in [5.74, 6) is 1.32. The molecule has 3 heterocycles. The van der Waals surface area contributed by atoms with E-state index in [-0.39, 0.29) is 11.9 Å². The second-order valence-corrected chi connectivity index (χ2v) is 6.08. The minimum Gasteiger partial charge on any atom is -0.353 e. The van der Waals surface area contributed by atoms with Crippen LogP contribution in [0.2, 0.25) is 0 Å². The number of anilines is 1. The Hall–Kier alpha value is -2.38. The van der Waals surface area contributed by atoms with Crippen LogP contribution < -0.4 is 10.2 Å². The molecular weight excluding hydrogens is 296 g/mol. The van der Waals surface area contributed by atoms with E-state index < -0.39 is 0 Å². The second-order valence-electron chi connectivity index (χ2n) is 6.08. The standard InChI is InChI=1S/C15H22N6O2/c1-10-17-12-11(4-5-16-14(12)22)13(18-10)20-6-8-21(9-7-20)15(23)19(2)3/h4-9H2,1-3H3,(H,16,22). The van der Waals surface area contributed by atoms with Gasteiger partial charge in [-0.05, 0) is 13.3 Å². The molecule has 0 spiro atoms. The Balaban J connectivity index is 1.81. The SMILES string of the molecule is Cc1nc2c(c(N3CCN(C(=O)N(C)C)CC3)n1)CCNC2=O. The molecule has 0 atom stereocenters. The van der Waals surface area contributed by atoms with Crippen LogP contribution in [0.3, 0.4) is 0 Å². The van der Waals surface area contributed by atoms with Gasteiger partial charge in [-0.3, -0.25) is 4.79 Å². The number of rotatable bonds is 1. The smallest absolute Gasteiger partial charge is 0.319 e. The Labute approximate surface area is 135 Å². The summed E-state index contributed by atoms with van der Waals surface area (Å²) in [5, 5.41) is 2.82. The summed E-state index contributed by atoms with van der Waals surface area (Å²) >= 11 is 0. The van der Waals surface area contributed by atoms with E-state index >= 15 is 0 Å². The highest BCUT2D eigenvalue weighted by molar-refractivity contribution is 5.96. The zero-order valence-corrected chi connectivity index (χ0v) is 13.8. The number of nitrogens with one attached hydrogen (secondary N) is 1. The maximum atomic E-state index is 12.0. The summed E-state index contributed by atoms with van der Waals surface area (Å²) < 4.78 is 0. The summed E-state index contributed by atoms with van der Waals surface area (Å²) in [6.45, 7) is 5.15. The monoisotopic (exact) mass is 318 g/mol. The van der Waals surface area contributed by atoms with Crippen LogP contribution in [0, 0.1) is 6.92 Å². The van der Waals surface area contributed by atoms with Gasteiger partial charge in [0.1, 0.15) is 17.3 Å². The van der Waals surface area contributed by atoms with Crippen molar-refractivity contribution in [3.05, 3.63) is 17.1 Å². The van der Waals surface area contributed by atoms with Crippen LogP contribution in [0.5, 0.6) is 0 Å². The molecule has 0 radical (unpaired) electrons. The zero-order valence-electron chi connectivity index (χ0n) is 13.8. The van der Waals surface area contributed by atoms with Gasteiger partial charge in [-0.1, -0.05) is 0 Å². The van der Waals surface area contributed by atoms with Crippen LogP contribution in [0.1, 0.15) is 21.9 Å². The van der Waals surface area contributed by atoms with Crippen molar-refractivity contribution in [1.29, 1.82) is 0 Å². The number of fused-ring (bicyclic) bond motifs is 1. The van der Waals surface area contributed by atoms with Gasteiger partial charge in [0.05, 0.1) is 0 Å². The zero-order chi connectivity index (χ0) is 16.6. The van der Waals surface area contributed by atoms with Crippen LogP contribution in [-0.2, 0) is 6.42 Å². The minimum absolute atomic E-state index is 0.0323. The van der Waals surface area contributed by atoms with E-state index in [1.165, 1.54) is 0 Å². The van der Waals surface area contributed by atoms with Crippen LogP contribution in [0.25, 0.3) is 0 Å². The Kier molecular flexibility index (Phi) is 4.06. The molecule has 0 bridgehead atoms. The summed E-state index contributed by atoms with van der Waals surface area (Å²) in [6, 6.07) is 0.0323. The lowest BCUT2D eigenvalue weighted by Crippen LogP contribution is -2.52. The van der Waals surface area contributed by atoms with Crippen LogP contribution in [-0.4, -0.2) is 78.5 Å². The van der Waals surface area contributed by atoms with E-state index in [1.54, 1.807) is 25.9 Å². The van der Waals surface area contributed by atoms with E-state index in [4.69, 9.17) is 0 Å². The van der Waals surface area contributed by atoms with Crippen LogP contribution in [0.4, 0.5) is 10.6 Å². The van der Waals surface area contributed by atoms with Gasteiger partial charge in [-0.25, -0.2) is 14.8 Å². The minimum atomic E-state index is -0.126. The lowest BCUT2D eigenvalue weighted by molar-refractivity contribution is 0.0940. The van der Waals surface area contributed by atoms with Crippen molar-refractivity contribution >= 4 is 17.8 Å². The summed E-state index contributed by atoms with van der Waals surface area (Å²) in [7, 11) is 3.52. The molecule has 2 aliphatic rings. The third kappa shape index (κ3) is 2.93. The number of carbonyl (C=O) groups excluding carboxylic acids is 2. The first kappa shape index (κ1) is 15.5. The van der Waals surface area contributed by atoms with E-state index in [9.17, 15) is 9.59 Å². The normalized spacial score (nSPS) is 17.6. The average Bonchev–Trinajstić information content (AvgIpc) is 2.54. The highest BCUT2D eigenvalue weighted by atomic mass is 16.2. The molecule has 1 fully saturated rings. The third-order valence-corrected chi connectivity index (χ3v) is 4.21. The number of urea groups is 1. The topological polar surface area (TPSA) is 81.7 Å². The molecule has 0 aliphatic carbocycles. The average molecular weight is 318 g/mol. The predicted molar refractivity (Wildman–Crippen MR) is 85.7 cm³/mol. The Morgan fingerprint density at radius 2 is 1.87 bits per heavy atom. The number of aryl methyl sites for hydroxylation is 1. The van der Waals surface area contributed by atoms with E-state index in [0.29, 0.717) is 44.2 Å². The molecular formula is C15H22N6O2. The van der Waals surface area contributed by atoms with Gasteiger partial charge >= 0.3 is 6.03 Å². The molecule has 1 aromatic heterocycles. The Bertz CT molecular complexity index is 637. The van der Waals surface area contributed by atoms with E-state index in [1.807, 2.05) is 4.90 Å². The molecule has 8 heteroatoms. The fourth-order valence-corrected chi connectivity index (χ4v) is 3.04. The maximum Gasteiger partial charge on any atom is 0.319 e. The number of nitrogens with zero attached hydrogens (tertiary/aromatic N) is 5. The summed E-state index contributed by atoms with van der Waals surface area (Å²) in [5.41, 5.74) is 1.41. The number of hydrogen-bond donors (Lipinski definition) is 1. The first-order chi connectivity index (χ1) is 11.0. The van der Waals surface area contributed by atoms with Crippen molar-refractivity contribution in [2.24, 2.45) is 0 Å². The highest BCUT2D eigenvalue weighted by Crippen LogP contribution is 2.25. The Morgan fingerprint density at radius 1 is 1.17 bits per heavy atom. The van der Waals surface area contributed by atoms with Crippen molar-refractivity contribution in [1.82, 2.24) is 25.1 Å². The van der Waals surface area contributed by atoms with Crippen molar-refractivity contribution < 1.29 is 9.59 Å². The molecule has 23 heavy (non-hydrogen) atoms. The first-order valence-corrected chi connectivity index (χ1v) is 7.84. The number of amides is 3.